The van der Waals surface area contributed by atoms with E-state index in [0.29, 0.717) is 12.4 Å². The summed E-state index contributed by atoms with van der Waals surface area (Å²) >= 11 is 9.02. The maximum atomic E-state index is 11.6. The lowest BCUT2D eigenvalue weighted by Crippen LogP contribution is -2.26. The number of unbranched alkanes of at least 4 members (excludes halogenated alkanes) is 1. The Bertz CT molecular complexity index is 403. The highest BCUT2D eigenvalue weighted by Crippen LogP contribution is 2.16. The van der Waals surface area contributed by atoms with E-state index in [1.54, 1.807) is 4.57 Å². The molecule has 0 saturated heterocycles. The molecule has 1 aromatic heterocycles. The van der Waals surface area contributed by atoms with Crippen molar-refractivity contribution >= 4 is 27.5 Å². The second kappa shape index (κ2) is 5.66. The maximum Gasteiger partial charge on any atom is 0.348 e. The first-order valence-corrected chi connectivity index (χ1v) is 6.20. The molecule has 5 heteroatoms. The Labute approximate surface area is 103 Å². The summed E-state index contributed by atoms with van der Waals surface area (Å²) < 4.78 is 2.59. The monoisotopic (exact) mass is 292 g/mol. The Kier molecular flexibility index (Phi) is 4.80. The number of halogens is 2. The maximum absolute atomic E-state index is 11.6. The third-order valence-electron chi connectivity index (χ3n) is 2.30. The number of alkyl halides is 1. The summed E-state index contributed by atoms with van der Waals surface area (Å²) in [7, 11) is 0. The van der Waals surface area contributed by atoms with Crippen LogP contribution in [0.5, 0.6) is 0 Å². The first-order valence-electron chi connectivity index (χ1n) is 4.87. The van der Waals surface area contributed by atoms with Crippen LogP contribution in [0, 0.1) is 13.8 Å². The summed E-state index contributed by atoms with van der Waals surface area (Å²) in [4.78, 5) is 15.5. The molecule has 0 amide bonds. The van der Waals surface area contributed by atoms with E-state index in [-0.39, 0.29) is 5.69 Å². The van der Waals surface area contributed by atoms with Crippen molar-refractivity contribution in [1.82, 2.24) is 9.55 Å². The molecular formula is C10H14BrClN2O. The van der Waals surface area contributed by atoms with Crippen LogP contribution in [0.4, 0.5) is 0 Å². The second-order valence-electron chi connectivity index (χ2n) is 3.43. The van der Waals surface area contributed by atoms with Gasteiger partial charge in [-0.25, -0.2) is 4.79 Å². The average Bonchev–Trinajstić information content (AvgIpc) is 2.20. The van der Waals surface area contributed by atoms with Gasteiger partial charge < -0.3 is 0 Å². The van der Waals surface area contributed by atoms with E-state index < -0.39 is 0 Å². The van der Waals surface area contributed by atoms with Gasteiger partial charge in [0.2, 0.25) is 0 Å². The Morgan fingerprint density at radius 2 is 2.07 bits per heavy atom. The molecule has 0 aromatic carbocycles. The van der Waals surface area contributed by atoms with Gasteiger partial charge in [-0.3, -0.25) is 4.57 Å². The van der Waals surface area contributed by atoms with Crippen LogP contribution in [0.25, 0.3) is 0 Å². The minimum Gasteiger partial charge on any atom is -0.295 e. The molecule has 1 aromatic rings. The fourth-order valence-electron chi connectivity index (χ4n) is 1.40. The van der Waals surface area contributed by atoms with Crippen LogP contribution < -0.4 is 5.69 Å². The number of hydrogen-bond acceptors (Lipinski definition) is 2. The summed E-state index contributed by atoms with van der Waals surface area (Å²) in [5, 5.41) is 0. The molecule has 0 bridgehead atoms. The van der Waals surface area contributed by atoms with Crippen LogP contribution in [-0.2, 0) is 6.54 Å². The molecule has 0 atom stereocenters. The van der Waals surface area contributed by atoms with Gasteiger partial charge in [0, 0.05) is 18.1 Å². The molecule has 0 aliphatic heterocycles. The number of rotatable bonds is 4. The van der Waals surface area contributed by atoms with Crippen LogP contribution in [0.2, 0.25) is 0 Å². The van der Waals surface area contributed by atoms with Gasteiger partial charge >= 0.3 is 5.69 Å². The van der Waals surface area contributed by atoms with E-state index in [0.717, 1.165) is 28.7 Å². The summed E-state index contributed by atoms with van der Waals surface area (Å²) in [6, 6.07) is 0. The van der Waals surface area contributed by atoms with Crippen LogP contribution in [0.3, 0.4) is 0 Å². The molecule has 0 radical (unpaired) electrons. The molecule has 15 heavy (non-hydrogen) atoms. The Hall–Kier alpha value is -0.350. The quantitative estimate of drug-likeness (QED) is 0.632. The van der Waals surface area contributed by atoms with Crippen molar-refractivity contribution in [2.24, 2.45) is 0 Å². The zero-order valence-electron chi connectivity index (χ0n) is 8.89. The molecule has 3 nitrogen and oxygen atoms in total. The van der Waals surface area contributed by atoms with Crippen LogP contribution in [0.1, 0.15) is 24.2 Å². The van der Waals surface area contributed by atoms with E-state index in [1.807, 2.05) is 13.8 Å². The fraction of sp³-hybridized carbons (Fsp3) is 0.600. The topological polar surface area (TPSA) is 34.9 Å². The second-order valence-corrected chi connectivity index (χ2v) is 4.60. The van der Waals surface area contributed by atoms with Crippen LogP contribution in [-0.4, -0.2) is 15.4 Å². The van der Waals surface area contributed by atoms with Gasteiger partial charge in [0.1, 0.15) is 0 Å². The Morgan fingerprint density at radius 3 is 2.67 bits per heavy atom. The van der Waals surface area contributed by atoms with E-state index in [9.17, 15) is 4.79 Å². The van der Waals surface area contributed by atoms with E-state index in [2.05, 4.69) is 20.9 Å². The van der Waals surface area contributed by atoms with Gasteiger partial charge in [0.05, 0.1) is 10.2 Å². The van der Waals surface area contributed by atoms with Crippen molar-refractivity contribution in [3.05, 3.63) is 26.3 Å². The van der Waals surface area contributed by atoms with Gasteiger partial charge in [0.15, 0.2) is 0 Å². The minimum atomic E-state index is -0.178. The smallest absolute Gasteiger partial charge is 0.295 e. The lowest BCUT2D eigenvalue weighted by molar-refractivity contribution is 0.581. The summed E-state index contributed by atoms with van der Waals surface area (Å²) in [6.07, 6.45) is 1.82. The average molecular weight is 294 g/mol. The van der Waals surface area contributed by atoms with Crippen molar-refractivity contribution in [1.29, 1.82) is 0 Å². The molecule has 0 N–H and O–H groups in total. The summed E-state index contributed by atoms with van der Waals surface area (Å²) in [5.74, 6) is 0.633. The molecule has 1 heterocycles. The SMILES string of the molecule is Cc1nc(=O)n(CCCCCl)c(C)c1Br. The van der Waals surface area contributed by atoms with Gasteiger partial charge in [-0.05, 0) is 42.6 Å². The highest BCUT2D eigenvalue weighted by molar-refractivity contribution is 9.10. The predicted molar refractivity (Wildman–Crippen MR) is 65.6 cm³/mol. The molecule has 84 valence electrons. The molecular weight excluding hydrogens is 279 g/mol. The first-order chi connectivity index (χ1) is 7.07. The zero-order chi connectivity index (χ0) is 11.4. The Balaban J connectivity index is 2.97. The van der Waals surface area contributed by atoms with Crippen molar-refractivity contribution in [3.8, 4) is 0 Å². The van der Waals surface area contributed by atoms with Crippen LogP contribution >= 0.6 is 27.5 Å². The zero-order valence-corrected chi connectivity index (χ0v) is 11.2. The predicted octanol–water partition coefficient (Wildman–Crippen LogP) is 2.64. The minimum absolute atomic E-state index is 0.178. The van der Waals surface area contributed by atoms with Gasteiger partial charge in [-0.15, -0.1) is 11.6 Å². The van der Waals surface area contributed by atoms with E-state index in [4.69, 9.17) is 11.6 Å². The highest BCUT2D eigenvalue weighted by Gasteiger charge is 2.08. The van der Waals surface area contributed by atoms with Gasteiger partial charge in [-0.2, -0.15) is 4.98 Å². The standard InChI is InChI=1S/C10H14BrClN2O/c1-7-9(11)8(2)14(10(15)13-7)6-4-3-5-12/h3-6H2,1-2H3. The first kappa shape index (κ1) is 12.7. The molecule has 1 rings (SSSR count). The van der Waals surface area contributed by atoms with Crippen molar-refractivity contribution in [2.75, 3.05) is 5.88 Å². The van der Waals surface area contributed by atoms with Gasteiger partial charge in [-0.1, -0.05) is 0 Å². The fourth-order valence-corrected chi connectivity index (χ4v) is 1.90. The summed E-state index contributed by atoms with van der Waals surface area (Å²) in [5.41, 5.74) is 1.50. The van der Waals surface area contributed by atoms with Crippen molar-refractivity contribution < 1.29 is 0 Å². The normalized spacial score (nSPS) is 10.7. The lowest BCUT2D eigenvalue weighted by Gasteiger charge is -2.11. The van der Waals surface area contributed by atoms with E-state index >= 15 is 0 Å². The number of hydrogen-bond donors (Lipinski definition) is 0. The molecule has 0 fully saturated rings. The molecule has 0 spiro atoms. The molecule has 0 unspecified atom stereocenters. The lowest BCUT2D eigenvalue weighted by atomic mass is 10.3. The van der Waals surface area contributed by atoms with Crippen LogP contribution in [0.15, 0.2) is 9.27 Å². The highest BCUT2D eigenvalue weighted by atomic mass is 79.9. The third-order valence-corrected chi connectivity index (χ3v) is 3.71. The van der Waals surface area contributed by atoms with Crippen molar-refractivity contribution in [3.63, 3.8) is 0 Å². The molecule has 0 saturated carbocycles. The Morgan fingerprint density at radius 1 is 1.40 bits per heavy atom. The van der Waals surface area contributed by atoms with Crippen molar-refractivity contribution in [2.45, 2.75) is 33.2 Å². The molecule has 0 aliphatic rings. The van der Waals surface area contributed by atoms with Gasteiger partial charge in [0.25, 0.3) is 0 Å². The molecule has 0 aliphatic carbocycles. The third kappa shape index (κ3) is 3.05. The number of nitrogens with zero attached hydrogens (tertiary/aromatic N) is 2. The summed E-state index contributed by atoms with van der Waals surface area (Å²) in [6.45, 7) is 4.42. The van der Waals surface area contributed by atoms with E-state index in [1.165, 1.54) is 0 Å². The number of aryl methyl sites for hydroxylation is 1. The largest absolute Gasteiger partial charge is 0.348 e. The number of aromatic nitrogens is 2.